The molecule has 0 bridgehead atoms. The number of hydrogen-bond acceptors (Lipinski definition) is 4. The number of benzene rings is 3. The Morgan fingerprint density at radius 2 is 0.767 bits per heavy atom. The van der Waals surface area contributed by atoms with E-state index >= 15 is 0 Å². The lowest BCUT2D eigenvalue weighted by Gasteiger charge is -1.90. The highest BCUT2D eigenvalue weighted by atomic mass is 16.2. The van der Waals surface area contributed by atoms with Crippen LogP contribution in [0.25, 0.3) is 0 Å². The Bertz CT molecular complexity index is 998. The normalized spacial score (nSPS) is 13.1. The van der Waals surface area contributed by atoms with Gasteiger partial charge in [-0.3, -0.25) is 29.8 Å². The Labute approximate surface area is 173 Å². The molecule has 3 aromatic carbocycles. The van der Waals surface area contributed by atoms with Crippen molar-refractivity contribution < 1.29 is 19.2 Å². The maximum Gasteiger partial charge on any atom is 0.258 e. The molecule has 3 aromatic rings. The average Bonchev–Trinajstić information content (AvgIpc) is 3.19. The van der Waals surface area contributed by atoms with Crippen LogP contribution in [0.5, 0.6) is 0 Å². The van der Waals surface area contributed by atoms with Crippen LogP contribution in [0.15, 0.2) is 72.8 Å². The molecule has 6 nitrogen and oxygen atoms in total. The van der Waals surface area contributed by atoms with Crippen LogP contribution < -0.4 is 10.6 Å². The minimum Gasteiger partial charge on any atom is -0.288 e. The van der Waals surface area contributed by atoms with E-state index < -0.39 is 0 Å². The third-order valence-electron chi connectivity index (χ3n) is 4.46. The topological polar surface area (TPSA) is 92.3 Å². The van der Waals surface area contributed by atoms with Gasteiger partial charge in [0, 0.05) is 0 Å². The number of hydrogen-bond donors (Lipinski definition) is 2. The van der Waals surface area contributed by atoms with Gasteiger partial charge in [0.15, 0.2) is 0 Å². The van der Waals surface area contributed by atoms with Gasteiger partial charge in [-0.05, 0) is 38.1 Å². The number of carbonyl (C=O) groups is 4. The Morgan fingerprint density at radius 1 is 0.467 bits per heavy atom. The molecule has 5 rings (SSSR count). The van der Waals surface area contributed by atoms with Crippen molar-refractivity contribution >= 4 is 23.6 Å². The van der Waals surface area contributed by atoms with E-state index in [1.165, 1.54) is 11.1 Å². The molecule has 0 aromatic heterocycles. The van der Waals surface area contributed by atoms with Gasteiger partial charge in [-0.1, -0.05) is 59.7 Å². The van der Waals surface area contributed by atoms with Gasteiger partial charge in [-0.25, -0.2) is 0 Å². The first-order valence-electron chi connectivity index (χ1n) is 9.29. The maximum absolute atomic E-state index is 10.9. The largest absolute Gasteiger partial charge is 0.288 e. The van der Waals surface area contributed by atoms with Gasteiger partial charge < -0.3 is 0 Å². The molecular formula is C24H20N2O4. The number of carbonyl (C=O) groups excluding carboxylic acids is 4. The average molecular weight is 400 g/mol. The number of imide groups is 2. The molecule has 0 atom stereocenters. The SMILES string of the molecule is Cc1cccc(C)c1.O=C1NC(=O)c2ccccc21.O=C1NC(=O)c2ccccc21. The molecule has 4 amide bonds. The molecule has 0 aliphatic carbocycles. The van der Waals surface area contributed by atoms with Crippen LogP contribution in [0.2, 0.25) is 0 Å². The lowest BCUT2D eigenvalue weighted by Crippen LogP contribution is -2.19. The molecule has 6 heteroatoms. The number of nitrogens with one attached hydrogen (secondary N) is 2. The second-order valence-electron chi connectivity index (χ2n) is 6.82. The van der Waals surface area contributed by atoms with E-state index in [-0.39, 0.29) is 23.6 Å². The molecule has 30 heavy (non-hydrogen) atoms. The minimum atomic E-state index is -0.300. The predicted molar refractivity (Wildman–Crippen MR) is 112 cm³/mol. The van der Waals surface area contributed by atoms with E-state index in [0.717, 1.165) is 0 Å². The Morgan fingerprint density at radius 3 is 1.00 bits per heavy atom. The van der Waals surface area contributed by atoms with Crippen molar-refractivity contribution in [2.75, 3.05) is 0 Å². The van der Waals surface area contributed by atoms with Gasteiger partial charge in [0.25, 0.3) is 23.6 Å². The molecule has 2 heterocycles. The fourth-order valence-electron chi connectivity index (χ4n) is 3.04. The molecule has 0 saturated carbocycles. The van der Waals surface area contributed by atoms with Crippen molar-refractivity contribution in [2.24, 2.45) is 0 Å². The standard InChI is InChI=1S/2C8H5NO2.C8H10/c2*10-7-5-3-1-2-4-6(5)8(11)9-7;1-7-4-3-5-8(2)6-7/h2*1-4H,(H,9,10,11);3-6H,1-2H3. The summed E-state index contributed by atoms with van der Waals surface area (Å²) in [6.45, 7) is 4.21. The molecule has 0 saturated heterocycles. The smallest absolute Gasteiger partial charge is 0.258 e. The Hall–Kier alpha value is -4.06. The first-order valence-corrected chi connectivity index (χ1v) is 9.29. The van der Waals surface area contributed by atoms with Gasteiger partial charge in [0.05, 0.1) is 22.3 Å². The zero-order valence-electron chi connectivity index (χ0n) is 16.6. The quantitative estimate of drug-likeness (QED) is 0.566. The van der Waals surface area contributed by atoms with E-state index in [1.54, 1.807) is 48.5 Å². The monoisotopic (exact) mass is 400 g/mol. The van der Waals surface area contributed by atoms with Crippen molar-refractivity contribution in [3.63, 3.8) is 0 Å². The molecule has 0 radical (unpaired) electrons. The second-order valence-corrected chi connectivity index (χ2v) is 6.82. The van der Waals surface area contributed by atoms with Crippen molar-refractivity contribution in [1.82, 2.24) is 10.6 Å². The first kappa shape index (κ1) is 20.7. The molecule has 0 fully saturated rings. The van der Waals surface area contributed by atoms with Crippen LogP contribution in [0.4, 0.5) is 0 Å². The molecule has 0 unspecified atom stereocenters. The van der Waals surface area contributed by atoms with E-state index in [1.807, 2.05) is 0 Å². The highest BCUT2D eigenvalue weighted by molar-refractivity contribution is 6.22. The van der Waals surface area contributed by atoms with Crippen LogP contribution in [0.1, 0.15) is 52.6 Å². The summed E-state index contributed by atoms with van der Waals surface area (Å²) in [6.07, 6.45) is 0. The Balaban J connectivity index is 0.000000130. The fourth-order valence-corrected chi connectivity index (χ4v) is 3.04. The number of amides is 4. The third-order valence-corrected chi connectivity index (χ3v) is 4.46. The summed E-state index contributed by atoms with van der Waals surface area (Å²) in [4.78, 5) is 43.8. The zero-order chi connectivity index (χ0) is 21.7. The lowest BCUT2D eigenvalue weighted by molar-refractivity contribution is 0.0863. The van der Waals surface area contributed by atoms with Crippen LogP contribution in [-0.2, 0) is 0 Å². The van der Waals surface area contributed by atoms with Crippen molar-refractivity contribution in [2.45, 2.75) is 13.8 Å². The van der Waals surface area contributed by atoms with E-state index in [0.29, 0.717) is 22.3 Å². The van der Waals surface area contributed by atoms with Gasteiger partial charge >= 0.3 is 0 Å². The summed E-state index contributed by atoms with van der Waals surface area (Å²) in [5.41, 5.74) is 4.56. The molecule has 2 aliphatic rings. The number of rotatable bonds is 0. The molecule has 150 valence electrons. The van der Waals surface area contributed by atoms with Crippen molar-refractivity contribution in [3.05, 3.63) is 106 Å². The predicted octanol–water partition coefficient (Wildman–Crippen LogP) is 3.44. The van der Waals surface area contributed by atoms with E-state index in [4.69, 9.17) is 0 Å². The van der Waals surface area contributed by atoms with E-state index in [9.17, 15) is 19.2 Å². The molecule has 2 aliphatic heterocycles. The second kappa shape index (κ2) is 8.96. The van der Waals surface area contributed by atoms with Crippen LogP contribution in [0.3, 0.4) is 0 Å². The molecular weight excluding hydrogens is 380 g/mol. The highest BCUT2D eigenvalue weighted by Crippen LogP contribution is 2.14. The van der Waals surface area contributed by atoms with Gasteiger partial charge in [0.2, 0.25) is 0 Å². The van der Waals surface area contributed by atoms with Gasteiger partial charge in [0.1, 0.15) is 0 Å². The summed E-state index contributed by atoms with van der Waals surface area (Å²) < 4.78 is 0. The number of fused-ring (bicyclic) bond motifs is 2. The summed E-state index contributed by atoms with van der Waals surface area (Å²) in [6, 6.07) is 21.9. The lowest BCUT2D eigenvalue weighted by atomic mass is 10.1. The van der Waals surface area contributed by atoms with Crippen LogP contribution >= 0.6 is 0 Å². The maximum atomic E-state index is 10.9. The highest BCUT2D eigenvalue weighted by Gasteiger charge is 2.25. The van der Waals surface area contributed by atoms with Gasteiger partial charge in [-0.15, -0.1) is 0 Å². The summed E-state index contributed by atoms with van der Waals surface area (Å²) in [5.74, 6) is -1.20. The van der Waals surface area contributed by atoms with Crippen molar-refractivity contribution in [1.29, 1.82) is 0 Å². The van der Waals surface area contributed by atoms with E-state index in [2.05, 4.69) is 48.7 Å². The molecule has 0 spiro atoms. The third kappa shape index (κ3) is 4.67. The summed E-state index contributed by atoms with van der Waals surface area (Å²) >= 11 is 0. The van der Waals surface area contributed by atoms with Crippen LogP contribution in [-0.4, -0.2) is 23.6 Å². The number of aryl methyl sites for hydroxylation is 2. The summed E-state index contributed by atoms with van der Waals surface area (Å²) in [7, 11) is 0. The fraction of sp³-hybridized carbons (Fsp3) is 0.0833. The van der Waals surface area contributed by atoms with Crippen molar-refractivity contribution in [3.8, 4) is 0 Å². The first-order chi connectivity index (χ1) is 14.4. The van der Waals surface area contributed by atoms with Gasteiger partial charge in [-0.2, -0.15) is 0 Å². The van der Waals surface area contributed by atoms with Crippen LogP contribution in [0, 0.1) is 13.8 Å². The zero-order valence-corrected chi connectivity index (χ0v) is 16.6. The Kier molecular flexibility index (Phi) is 6.17. The molecule has 2 N–H and O–H groups in total. The minimum absolute atomic E-state index is 0.300. The summed E-state index contributed by atoms with van der Waals surface area (Å²) in [5, 5.41) is 4.41.